The number of nitrogens with zero attached hydrogens (tertiary/aromatic N) is 1. The quantitative estimate of drug-likeness (QED) is 0.855. The van der Waals surface area contributed by atoms with E-state index in [1.807, 2.05) is 13.0 Å². The molecular formula is C14H15NO4S. The Balaban J connectivity index is 2.04. The highest BCUT2D eigenvalue weighted by Gasteiger charge is 2.52. The number of hydrogen-bond acceptors (Lipinski definition) is 3. The van der Waals surface area contributed by atoms with Gasteiger partial charge in [0.25, 0.3) is 0 Å². The standard InChI is InChI=1S/C14H15NO4S/c1-9-2-6-12(7-3-9)20(18,19)15-11-5-4-10(8-11)13(15)14(16)17/h2-7,10-11,13H,8H2,1H3,(H,16,17)/t10-,11-,13-/m0/s1. The fraction of sp³-hybridized carbons (Fsp3) is 0.357. The van der Waals surface area contributed by atoms with Gasteiger partial charge < -0.3 is 5.11 Å². The maximum Gasteiger partial charge on any atom is 0.322 e. The van der Waals surface area contributed by atoms with E-state index in [0.29, 0.717) is 6.42 Å². The lowest BCUT2D eigenvalue weighted by atomic mass is 10.0. The van der Waals surface area contributed by atoms with Crippen LogP contribution in [0.15, 0.2) is 41.3 Å². The lowest BCUT2D eigenvalue weighted by Crippen LogP contribution is -2.47. The zero-order valence-corrected chi connectivity index (χ0v) is 11.7. The SMILES string of the molecule is Cc1ccc(S(=O)(=O)N2[C@H](C(=O)O)[C@H]3C=C[C@H]2C3)cc1. The van der Waals surface area contributed by atoms with Gasteiger partial charge in [0.05, 0.1) is 4.90 Å². The van der Waals surface area contributed by atoms with Crippen molar-refractivity contribution in [1.82, 2.24) is 4.31 Å². The molecule has 0 aromatic heterocycles. The molecule has 6 heteroatoms. The van der Waals surface area contributed by atoms with E-state index in [9.17, 15) is 18.3 Å². The highest BCUT2D eigenvalue weighted by molar-refractivity contribution is 7.89. The van der Waals surface area contributed by atoms with Crippen LogP contribution < -0.4 is 0 Å². The topological polar surface area (TPSA) is 74.7 Å². The molecule has 1 aromatic carbocycles. The van der Waals surface area contributed by atoms with Gasteiger partial charge in [-0.15, -0.1) is 0 Å². The Kier molecular flexibility index (Phi) is 2.95. The van der Waals surface area contributed by atoms with Crippen LogP contribution in [0.2, 0.25) is 0 Å². The maximum absolute atomic E-state index is 12.7. The summed E-state index contributed by atoms with van der Waals surface area (Å²) in [7, 11) is -3.78. The molecule has 0 spiro atoms. The summed E-state index contributed by atoms with van der Waals surface area (Å²) in [5.74, 6) is -1.31. The van der Waals surface area contributed by atoms with Gasteiger partial charge in [0.2, 0.25) is 10.0 Å². The van der Waals surface area contributed by atoms with Crippen molar-refractivity contribution in [1.29, 1.82) is 0 Å². The van der Waals surface area contributed by atoms with Crippen molar-refractivity contribution in [3.63, 3.8) is 0 Å². The van der Waals surface area contributed by atoms with Crippen LogP contribution in [0.1, 0.15) is 12.0 Å². The first-order chi connectivity index (χ1) is 9.41. The first kappa shape index (κ1) is 13.3. The Morgan fingerprint density at radius 1 is 1.25 bits per heavy atom. The third-order valence-electron chi connectivity index (χ3n) is 3.95. The van der Waals surface area contributed by atoms with Gasteiger partial charge in [-0.05, 0) is 25.5 Å². The van der Waals surface area contributed by atoms with Gasteiger partial charge >= 0.3 is 5.97 Å². The van der Waals surface area contributed by atoms with E-state index in [-0.39, 0.29) is 16.9 Å². The van der Waals surface area contributed by atoms with E-state index < -0.39 is 22.0 Å². The fourth-order valence-corrected chi connectivity index (χ4v) is 4.76. The minimum absolute atomic E-state index is 0.148. The molecule has 1 aliphatic heterocycles. The predicted octanol–water partition coefficient (Wildman–Crippen LogP) is 1.40. The van der Waals surface area contributed by atoms with Gasteiger partial charge in [0, 0.05) is 12.0 Å². The number of hydrogen-bond donors (Lipinski definition) is 1. The molecule has 106 valence electrons. The number of carbonyl (C=O) groups is 1. The second-order valence-electron chi connectivity index (χ2n) is 5.28. The van der Waals surface area contributed by atoms with E-state index in [0.717, 1.165) is 9.87 Å². The largest absolute Gasteiger partial charge is 0.480 e. The van der Waals surface area contributed by atoms with E-state index in [1.165, 1.54) is 12.1 Å². The van der Waals surface area contributed by atoms with Gasteiger partial charge in [0.1, 0.15) is 6.04 Å². The number of aliphatic carboxylic acids is 1. The molecule has 1 aliphatic carbocycles. The summed E-state index contributed by atoms with van der Waals surface area (Å²) in [6, 6.07) is 5.15. The zero-order valence-electron chi connectivity index (χ0n) is 10.9. The van der Waals surface area contributed by atoms with Gasteiger partial charge in [-0.1, -0.05) is 29.8 Å². The van der Waals surface area contributed by atoms with Crippen molar-refractivity contribution in [2.45, 2.75) is 30.3 Å². The third-order valence-corrected chi connectivity index (χ3v) is 5.87. The van der Waals surface area contributed by atoms with Crippen molar-refractivity contribution in [2.75, 3.05) is 0 Å². The molecule has 2 bridgehead atoms. The predicted molar refractivity (Wildman–Crippen MR) is 72.7 cm³/mol. The Morgan fingerprint density at radius 2 is 1.90 bits per heavy atom. The molecule has 20 heavy (non-hydrogen) atoms. The lowest BCUT2D eigenvalue weighted by molar-refractivity contribution is -0.141. The van der Waals surface area contributed by atoms with E-state index in [2.05, 4.69) is 0 Å². The first-order valence-electron chi connectivity index (χ1n) is 6.42. The minimum atomic E-state index is -3.78. The van der Waals surface area contributed by atoms with Crippen molar-refractivity contribution in [3.05, 3.63) is 42.0 Å². The zero-order chi connectivity index (χ0) is 14.5. The van der Waals surface area contributed by atoms with Crippen LogP contribution in [0.4, 0.5) is 0 Å². The van der Waals surface area contributed by atoms with Crippen molar-refractivity contribution < 1.29 is 18.3 Å². The molecule has 0 amide bonds. The Bertz CT molecular complexity index is 678. The van der Waals surface area contributed by atoms with Crippen molar-refractivity contribution in [2.24, 2.45) is 5.92 Å². The van der Waals surface area contributed by atoms with Crippen LogP contribution in [-0.4, -0.2) is 35.9 Å². The average Bonchev–Trinajstić information content (AvgIpc) is 2.99. The molecule has 0 unspecified atom stereocenters. The number of rotatable bonds is 3. The van der Waals surface area contributed by atoms with Gasteiger partial charge in [0.15, 0.2) is 0 Å². The number of carboxylic acids is 1. The monoisotopic (exact) mass is 293 g/mol. The summed E-state index contributed by atoms with van der Waals surface area (Å²) in [4.78, 5) is 11.5. The van der Waals surface area contributed by atoms with Gasteiger partial charge in [-0.25, -0.2) is 8.42 Å². The Hall–Kier alpha value is -1.66. The Morgan fingerprint density at radius 3 is 2.50 bits per heavy atom. The molecule has 3 atom stereocenters. The van der Waals surface area contributed by atoms with Crippen LogP contribution in [0.3, 0.4) is 0 Å². The highest BCUT2D eigenvalue weighted by atomic mass is 32.2. The summed E-state index contributed by atoms with van der Waals surface area (Å²) >= 11 is 0. The molecule has 2 aliphatic rings. The summed E-state index contributed by atoms with van der Waals surface area (Å²) in [6.45, 7) is 1.87. The van der Waals surface area contributed by atoms with E-state index >= 15 is 0 Å². The van der Waals surface area contributed by atoms with Crippen molar-refractivity contribution in [3.8, 4) is 0 Å². The molecule has 1 aromatic rings. The minimum Gasteiger partial charge on any atom is -0.480 e. The number of sulfonamides is 1. The summed E-state index contributed by atoms with van der Waals surface area (Å²) < 4.78 is 26.5. The molecule has 0 radical (unpaired) electrons. The van der Waals surface area contributed by atoms with Crippen LogP contribution >= 0.6 is 0 Å². The summed E-state index contributed by atoms with van der Waals surface area (Å²) in [5, 5.41) is 9.32. The lowest BCUT2D eigenvalue weighted by Gasteiger charge is -2.28. The fourth-order valence-electron chi connectivity index (χ4n) is 2.98. The Labute approximate surface area is 117 Å². The van der Waals surface area contributed by atoms with Crippen LogP contribution in [-0.2, 0) is 14.8 Å². The number of aryl methyl sites for hydroxylation is 1. The summed E-state index contributed by atoms with van der Waals surface area (Å²) in [6.07, 6.45) is 4.16. The normalized spacial score (nSPS) is 28.9. The molecule has 1 N–H and O–H groups in total. The molecule has 3 rings (SSSR count). The number of carboxylic acid groups (broad SMARTS) is 1. The smallest absolute Gasteiger partial charge is 0.322 e. The molecule has 1 heterocycles. The first-order valence-corrected chi connectivity index (χ1v) is 7.86. The molecule has 1 fully saturated rings. The third kappa shape index (κ3) is 1.87. The summed E-state index contributed by atoms with van der Waals surface area (Å²) in [5.41, 5.74) is 0.960. The second-order valence-corrected chi connectivity index (χ2v) is 7.13. The molecular weight excluding hydrogens is 278 g/mol. The molecule has 1 saturated heterocycles. The maximum atomic E-state index is 12.7. The van der Waals surface area contributed by atoms with Crippen LogP contribution in [0.5, 0.6) is 0 Å². The van der Waals surface area contributed by atoms with E-state index in [4.69, 9.17) is 0 Å². The average molecular weight is 293 g/mol. The van der Waals surface area contributed by atoms with Gasteiger partial charge in [-0.3, -0.25) is 4.79 Å². The van der Waals surface area contributed by atoms with Crippen LogP contribution in [0.25, 0.3) is 0 Å². The van der Waals surface area contributed by atoms with Crippen LogP contribution in [0, 0.1) is 12.8 Å². The van der Waals surface area contributed by atoms with Crippen molar-refractivity contribution >= 4 is 16.0 Å². The number of fused-ring (bicyclic) bond motifs is 2. The molecule has 5 nitrogen and oxygen atoms in total. The van der Waals surface area contributed by atoms with Gasteiger partial charge in [-0.2, -0.15) is 4.31 Å². The molecule has 0 saturated carbocycles. The highest BCUT2D eigenvalue weighted by Crippen LogP contribution is 2.41. The number of benzene rings is 1. The van der Waals surface area contributed by atoms with E-state index in [1.54, 1.807) is 18.2 Å². The second kappa shape index (κ2) is 4.43.